The van der Waals surface area contributed by atoms with Crippen LogP contribution in [-0.4, -0.2) is 64.8 Å². The Morgan fingerprint density at radius 2 is 2.00 bits per heavy atom. The minimum absolute atomic E-state index is 0.223. The first-order valence-corrected chi connectivity index (χ1v) is 9.34. The van der Waals surface area contributed by atoms with Crippen LogP contribution in [-0.2, 0) is 18.3 Å². The predicted molar refractivity (Wildman–Crippen MR) is 101 cm³/mol. The van der Waals surface area contributed by atoms with Crippen molar-refractivity contribution in [3.05, 3.63) is 47.2 Å². The van der Waals surface area contributed by atoms with Gasteiger partial charge in [0, 0.05) is 52.4 Å². The molecule has 140 valence electrons. The molecule has 0 bridgehead atoms. The van der Waals surface area contributed by atoms with Crippen LogP contribution < -0.4 is 4.74 Å². The van der Waals surface area contributed by atoms with Gasteiger partial charge >= 0.3 is 0 Å². The summed E-state index contributed by atoms with van der Waals surface area (Å²) < 4.78 is 7.51. The molecule has 1 aliphatic rings. The number of carbonyl (C=O) groups excluding carboxylic acids is 1. The van der Waals surface area contributed by atoms with E-state index >= 15 is 0 Å². The highest BCUT2D eigenvalue weighted by Crippen LogP contribution is 2.22. The molecule has 0 N–H and O–H groups in total. The Balaban J connectivity index is 1.34. The molecule has 1 saturated heterocycles. The molecule has 3 rings (SSSR count). The van der Waals surface area contributed by atoms with E-state index in [-0.39, 0.29) is 5.91 Å². The number of aryl methyl sites for hydroxylation is 2. The number of benzene rings is 1. The summed E-state index contributed by atoms with van der Waals surface area (Å²) in [5.41, 5.74) is 1.11. The molecule has 0 radical (unpaired) electrons. The van der Waals surface area contributed by atoms with Gasteiger partial charge in [-0.15, -0.1) is 0 Å². The van der Waals surface area contributed by atoms with Crippen LogP contribution in [0.15, 0.2) is 36.7 Å². The van der Waals surface area contributed by atoms with Crippen LogP contribution in [0.25, 0.3) is 0 Å². The number of aromatic nitrogens is 2. The van der Waals surface area contributed by atoms with E-state index in [1.54, 1.807) is 4.68 Å². The molecule has 1 amide bonds. The average Bonchev–Trinajstić information content (AvgIpc) is 3.07. The Hall–Kier alpha value is -2.05. The second-order valence-electron chi connectivity index (χ2n) is 6.52. The third-order valence-corrected chi connectivity index (χ3v) is 4.92. The SMILES string of the molecule is Cn1cc(CCC(=O)N2CCN(CCOc3ccccc3Cl)CC2)cn1. The molecule has 0 atom stereocenters. The van der Waals surface area contributed by atoms with E-state index in [0.717, 1.165) is 50.5 Å². The quantitative estimate of drug-likeness (QED) is 0.743. The first-order valence-electron chi connectivity index (χ1n) is 8.97. The monoisotopic (exact) mass is 376 g/mol. The molecule has 0 unspecified atom stereocenters. The maximum Gasteiger partial charge on any atom is 0.222 e. The topological polar surface area (TPSA) is 50.6 Å². The highest BCUT2D eigenvalue weighted by atomic mass is 35.5. The minimum atomic E-state index is 0.223. The zero-order chi connectivity index (χ0) is 18.4. The van der Waals surface area contributed by atoms with E-state index < -0.39 is 0 Å². The highest BCUT2D eigenvalue weighted by Gasteiger charge is 2.20. The van der Waals surface area contributed by atoms with Gasteiger partial charge < -0.3 is 9.64 Å². The smallest absolute Gasteiger partial charge is 0.222 e. The Labute approximate surface area is 159 Å². The maximum absolute atomic E-state index is 12.4. The average molecular weight is 377 g/mol. The van der Waals surface area contributed by atoms with E-state index in [1.807, 2.05) is 48.6 Å². The van der Waals surface area contributed by atoms with Crippen molar-refractivity contribution >= 4 is 17.5 Å². The van der Waals surface area contributed by atoms with Crippen LogP contribution in [0.4, 0.5) is 0 Å². The summed E-state index contributed by atoms with van der Waals surface area (Å²) in [6, 6.07) is 7.50. The lowest BCUT2D eigenvalue weighted by Crippen LogP contribution is -2.49. The fraction of sp³-hybridized carbons (Fsp3) is 0.474. The van der Waals surface area contributed by atoms with Crippen molar-refractivity contribution in [1.29, 1.82) is 0 Å². The van der Waals surface area contributed by atoms with Gasteiger partial charge in [-0.1, -0.05) is 23.7 Å². The van der Waals surface area contributed by atoms with Crippen LogP contribution >= 0.6 is 11.6 Å². The van der Waals surface area contributed by atoms with Crippen molar-refractivity contribution in [1.82, 2.24) is 19.6 Å². The van der Waals surface area contributed by atoms with E-state index in [9.17, 15) is 4.79 Å². The normalized spacial score (nSPS) is 15.2. The van der Waals surface area contributed by atoms with Crippen LogP contribution in [0.3, 0.4) is 0 Å². The van der Waals surface area contributed by atoms with Crippen molar-refractivity contribution in [2.24, 2.45) is 7.05 Å². The standard InChI is InChI=1S/C19H25ClN4O2/c1-22-15-16(14-21-22)6-7-19(25)24-10-8-23(9-11-24)12-13-26-18-5-3-2-4-17(18)20/h2-5,14-15H,6-13H2,1H3. The first-order chi connectivity index (χ1) is 12.6. The van der Waals surface area contributed by atoms with Crippen LogP contribution in [0.5, 0.6) is 5.75 Å². The van der Waals surface area contributed by atoms with E-state index in [1.165, 1.54) is 0 Å². The largest absolute Gasteiger partial charge is 0.491 e. The van der Waals surface area contributed by atoms with Crippen LogP contribution in [0.2, 0.25) is 5.02 Å². The number of rotatable bonds is 7. The Morgan fingerprint density at radius 1 is 1.23 bits per heavy atom. The van der Waals surface area contributed by atoms with Gasteiger partial charge in [0.25, 0.3) is 0 Å². The predicted octanol–water partition coefficient (Wildman–Crippen LogP) is 2.23. The molecule has 1 aliphatic heterocycles. The summed E-state index contributed by atoms with van der Waals surface area (Å²) in [6.45, 7) is 4.74. The summed E-state index contributed by atoms with van der Waals surface area (Å²) in [5, 5.41) is 4.77. The van der Waals surface area contributed by atoms with Crippen LogP contribution in [0.1, 0.15) is 12.0 Å². The molecule has 2 aromatic rings. The maximum atomic E-state index is 12.4. The summed E-state index contributed by atoms with van der Waals surface area (Å²) in [7, 11) is 1.89. The molecule has 0 spiro atoms. The van der Waals surface area contributed by atoms with Gasteiger partial charge in [-0.05, 0) is 24.1 Å². The Kier molecular flexibility index (Phi) is 6.52. The van der Waals surface area contributed by atoms with Crippen molar-refractivity contribution in [2.45, 2.75) is 12.8 Å². The molecule has 1 aromatic carbocycles. The number of nitrogens with zero attached hydrogens (tertiary/aromatic N) is 4. The number of halogens is 1. The number of hydrogen-bond donors (Lipinski definition) is 0. The van der Waals surface area contributed by atoms with Gasteiger partial charge in [0.15, 0.2) is 0 Å². The zero-order valence-electron chi connectivity index (χ0n) is 15.1. The van der Waals surface area contributed by atoms with E-state index in [0.29, 0.717) is 18.1 Å². The fourth-order valence-electron chi connectivity index (χ4n) is 3.08. The molecule has 1 aromatic heterocycles. The number of amides is 1. The third-order valence-electron chi connectivity index (χ3n) is 4.61. The molecule has 7 heteroatoms. The zero-order valence-corrected chi connectivity index (χ0v) is 15.9. The summed E-state index contributed by atoms with van der Waals surface area (Å²) >= 11 is 6.09. The van der Waals surface area contributed by atoms with Gasteiger partial charge in [-0.3, -0.25) is 14.4 Å². The van der Waals surface area contributed by atoms with E-state index in [2.05, 4.69) is 10.00 Å². The van der Waals surface area contributed by atoms with Gasteiger partial charge in [0.05, 0.1) is 11.2 Å². The van der Waals surface area contributed by atoms with Gasteiger partial charge in [-0.2, -0.15) is 5.10 Å². The molecule has 6 nitrogen and oxygen atoms in total. The van der Waals surface area contributed by atoms with Gasteiger partial charge in [-0.25, -0.2) is 0 Å². The third kappa shape index (κ3) is 5.22. The molecule has 2 heterocycles. The number of ether oxygens (including phenoxy) is 1. The second-order valence-corrected chi connectivity index (χ2v) is 6.93. The Morgan fingerprint density at radius 3 is 2.69 bits per heavy atom. The van der Waals surface area contributed by atoms with Crippen LogP contribution in [0, 0.1) is 0 Å². The molecular formula is C19H25ClN4O2. The fourth-order valence-corrected chi connectivity index (χ4v) is 3.27. The Bertz CT molecular complexity index is 726. The summed E-state index contributed by atoms with van der Waals surface area (Å²) in [5.74, 6) is 0.944. The van der Waals surface area contributed by atoms with Crippen molar-refractivity contribution in [3.8, 4) is 5.75 Å². The van der Waals surface area contributed by atoms with Crippen molar-refractivity contribution in [3.63, 3.8) is 0 Å². The second kappa shape index (κ2) is 9.05. The lowest BCUT2D eigenvalue weighted by atomic mass is 10.2. The van der Waals surface area contributed by atoms with E-state index in [4.69, 9.17) is 16.3 Å². The summed E-state index contributed by atoms with van der Waals surface area (Å²) in [4.78, 5) is 16.6. The van der Waals surface area contributed by atoms with Crippen molar-refractivity contribution in [2.75, 3.05) is 39.3 Å². The molecular weight excluding hydrogens is 352 g/mol. The number of hydrogen-bond acceptors (Lipinski definition) is 4. The molecule has 0 saturated carbocycles. The molecule has 1 fully saturated rings. The molecule has 0 aliphatic carbocycles. The number of carbonyl (C=O) groups is 1. The lowest BCUT2D eigenvalue weighted by molar-refractivity contribution is -0.132. The molecule has 26 heavy (non-hydrogen) atoms. The highest BCUT2D eigenvalue weighted by molar-refractivity contribution is 6.32. The van der Waals surface area contributed by atoms with Gasteiger partial charge in [0.2, 0.25) is 5.91 Å². The first kappa shape index (κ1) is 18.7. The minimum Gasteiger partial charge on any atom is -0.491 e. The summed E-state index contributed by atoms with van der Waals surface area (Å²) in [6.07, 6.45) is 5.08. The van der Waals surface area contributed by atoms with Crippen molar-refractivity contribution < 1.29 is 9.53 Å². The van der Waals surface area contributed by atoms with Gasteiger partial charge in [0.1, 0.15) is 12.4 Å². The number of para-hydroxylation sites is 1. The lowest BCUT2D eigenvalue weighted by Gasteiger charge is -2.34. The number of piperazine rings is 1.